The average molecular weight is 229 g/mol. The molecule has 1 aliphatic rings. The summed E-state index contributed by atoms with van der Waals surface area (Å²) in [5.74, 6) is -0.681. The first-order chi connectivity index (χ1) is 7.11. The smallest absolute Gasteiger partial charge is 0.246 e. The molecule has 1 heterocycles. The second-order valence-electron chi connectivity index (χ2n) is 3.41. The molecule has 1 unspecified atom stereocenters. The zero-order chi connectivity index (χ0) is 11.0. The molecule has 0 saturated carbocycles. The molecular weight excluding hydrogens is 219 g/mol. The number of carbonyl (C=O) groups is 1. The van der Waals surface area contributed by atoms with Gasteiger partial charge in [-0.05, 0) is 12.5 Å². The molecule has 5 heteroatoms. The highest BCUT2D eigenvalue weighted by Gasteiger charge is 2.24. The van der Waals surface area contributed by atoms with Gasteiger partial charge in [0.25, 0.3) is 0 Å². The van der Waals surface area contributed by atoms with Crippen LogP contribution in [0, 0.1) is 5.82 Å². The van der Waals surface area contributed by atoms with Crippen LogP contribution in [0.5, 0.6) is 0 Å². The predicted octanol–water partition coefficient (Wildman–Crippen LogP) is 2.62. The van der Waals surface area contributed by atoms with Crippen molar-refractivity contribution < 1.29 is 9.18 Å². The van der Waals surface area contributed by atoms with Crippen molar-refractivity contribution in [2.75, 3.05) is 10.6 Å². The van der Waals surface area contributed by atoms with Crippen molar-refractivity contribution in [3.05, 3.63) is 23.0 Å². The largest absolute Gasteiger partial charge is 0.372 e. The van der Waals surface area contributed by atoms with E-state index in [4.69, 9.17) is 11.6 Å². The van der Waals surface area contributed by atoms with Crippen LogP contribution in [-0.4, -0.2) is 11.9 Å². The average Bonchev–Trinajstić information content (AvgIpc) is 2.20. The molecule has 1 atom stereocenters. The SMILES string of the molecule is CCC1Nc2cc(Cl)c(F)cc2NC1=O. The number of fused-ring (bicyclic) bond motifs is 1. The molecule has 0 spiro atoms. The summed E-state index contributed by atoms with van der Waals surface area (Å²) in [5, 5.41) is 5.68. The Kier molecular flexibility index (Phi) is 2.52. The van der Waals surface area contributed by atoms with Gasteiger partial charge in [0, 0.05) is 6.07 Å². The van der Waals surface area contributed by atoms with Gasteiger partial charge in [-0.1, -0.05) is 18.5 Å². The molecule has 2 N–H and O–H groups in total. The van der Waals surface area contributed by atoms with Crippen molar-refractivity contribution in [1.82, 2.24) is 0 Å². The zero-order valence-electron chi connectivity index (χ0n) is 8.10. The highest BCUT2D eigenvalue weighted by molar-refractivity contribution is 6.31. The van der Waals surface area contributed by atoms with Crippen LogP contribution < -0.4 is 10.6 Å². The Morgan fingerprint density at radius 2 is 2.20 bits per heavy atom. The van der Waals surface area contributed by atoms with Crippen molar-refractivity contribution >= 4 is 28.9 Å². The van der Waals surface area contributed by atoms with Crippen LogP contribution >= 0.6 is 11.6 Å². The number of nitrogens with one attached hydrogen (secondary N) is 2. The summed E-state index contributed by atoms with van der Waals surface area (Å²) in [6.07, 6.45) is 0.667. The number of benzene rings is 1. The van der Waals surface area contributed by atoms with Crippen LogP contribution in [0.25, 0.3) is 0 Å². The van der Waals surface area contributed by atoms with Gasteiger partial charge in [-0.15, -0.1) is 0 Å². The van der Waals surface area contributed by atoms with Gasteiger partial charge in [0.2, 0.25) is 5.91 Å². The topological polar surface area (TPSA) is 41.1 Å². The summed E-state index contributed by atoms with van der Waals surface area (Å²) in [6.45, 7) is 1.90. The molecule has 0 fully saturated rings. The minimum Gasteiger partial charge on any atom is -0.372 e. The molecule has 0 aliphatic carbocycles. The first-order valence-corrected chi connectivity index (χ1v) is 5.06. The first kappa shape index (κ1) is 10.2. The molecule has 3 nitrogen and oxygen atoms in total. The lowest BCUT2D eigenvalue weighted by atomic mass is 10.1. The lowest BCUT2D eigenvalue weighted by Crippen LogP contribution is -2.38. The van der Waals surface area contributed by atoms with Crippen molar-refractivity contribution in [3.63, 3.8) is 0 Å². The third kappa shape index (κ3) is 1.77. The standard InChI is InChI=1S/C10H10ClFN2O/c1-2-7-10(15)14-9-4-6(12)5(11)3-8(9)13-7/h3-4,7,13H,2H2,1H3,(H,14,15). The van der Waals surface area contributed by atoms with Crippen LogP contribution in [0.4, 0.5) is 15.8 Å². The van der Waals surface area contributed by atoms with E-state index in [1.165, 1.54) is 12.1 Å². The molecule has 1 amide bonds. The normalized spacial score (nSPS) is 19.1. The van der Waals surface area contributed by atoms with E-state index < -0.39 is 5.82 Å². The predicted molar refractivity (Wildman–Crippen MR) is 57.7 cm³/mol. The summed E-state index contributed by atoms with van der Waals surface area (Å²) < 4.78 is 13.1. The van der Waals surface area contributed by atoms with Gasteiger partial charge >= 0.3 is 0 Å². The van der Waals surface area contributed by atoms with Crippen LogP contribution in [0.15, 0.2) is 12.1 Å². The van der Waals surface area contributed by atoms with E-state index in [2.05, 4.69) is 10.6 Å². The summed E-state index contributed by atoms with van der Waals surface area (Å²) in [7, 11) is 0. The highest BCUT2D eigenvalue weighted by Crippen LogP contribution is 2.32. The number of hydrogen-bond donors (Lipinski definition) is 2. The monoisotopic (exact) mass is 228 g/mol. The summed E-state index contributed by atoms with van der Waals surface area (Å²) in [5.41, 5.74) is 1.10. The fourth-order valence-corrected chi connectivity index (χ4v) is 1.69. The minimum absolute atomic E-state index is 0.0484. The molecule has 1 aliphatic heterocycles. The van der Waals surface area contributed by atoms with Gasteiger partial charge in [0.05, 0.1) is 16.4 Å². The van der Waals surface area contributed by atoms with E-state index in [9.17, 15) is 9.18 Å². The Hall–Kier alpha value is -1.29. The molecule has 80 valence electrons. The summed E-state index contributed by atoms with van der Waals surface area (Å²) in [4.78, 5) is 11.5. The first-order valence-electron chi connectivity index (χ1n) is 4.68. The van der Waals surface area contributed by atoms with E-state index in [0.29, 0.717) is 17.8 Å². The Labute approximate surface area is 91.6 Å². The van der Waals surface area contributed by atoms with Crippen molar-refractivity contribution in [3.8, 4) is 0 Å². The Morgan fingerprint density at radius 3 is 2.87 bits per heavy atom. The van der Waals surface area contributed by atoms with Gasteiger partial charge in [-0.3, -0.25) is 4.79 Å². The summed E-state index contributed by atoms with van der Waals surface area (Å²) in [6, 6.07) is 2.42. The quantitative estimate of drug-likeness (QED) is 0.776. The van der Waals surface area contributed by atoms with E-state index in [1.54, 1.807) is 0 Å². The molecule has 1 aromatic rings. The molecular formula is C10H10ClFN2O. The van der Waals surface area contributed by atoms with Gasteiger partial charge < -0.3 is 10.6 Å². The van der Waals surface area contributed by atoms with Crippen LogP contribution in [0.2, 0.25) is 5.02 Å². The van der Waals surface area contributed by atoms with Gasteiger partial charge in [0.1, 0.15) is 11.9 Å². The molecule has 1 aromatic carbocycles. The molecule has 0 aromatic heterocycles. The molecule has 0 bridgehead atoms. The lowest BCUT2D eigenvalue weighted by molar-refractivity contribution is -0.117. The highest BCUT2D eigenvalue weighted by atomic mass is 35.5. The number of amides is 1. The number of carbonyl (C=O) groups excluding carboxylic acids is 1. The van der Waals surface area contributed by atoms with E-state index in [-0.39, 0.29) is 17.0 Å². The molecule has 2 rings (SSSR count). The van der Waals surface area contributed by atoms with Gasteiger partial charge in [-0.25, -0.2) is 4.39 Å². The molecule has 15 heavy (non-hydrogen) atoms. The van der Waals surface area contributed by atoms with Crippen molar-refractivity contribution in [2.45, 2.75) is 19.4 Å². The van der Waals surface area contributed by atoms with Gasteiger partial charge in [-0.2, -0.15) is 0 Å². The zero-order valence-corrected chi connectivity index (χ0v) is 8.86. The second kappa shape index (κ2) is 3.70. The van der Waals surface area contributed by atoms with Crippen LogP contribution in [0.1, 0.15) is 13.3 Å². The minimum atomic E-state index is -0.535. The van der Waals surface area contributed by atoms with Gasteiger partial charge in [0.15, 0.2) is 0 Å². The van der Waals surface area contributed by atoms with Crippen molar-refractivity contribution in [2.24, 2.45) is 0 Å². The lowest BCUT2D eigenvalue weighted by Gasteiger charge is -2.26. The fraction of sp³-hybridized carbons (Fsp3) is 0.300. The molecule has 0 radical (unpaired) electrons. The number of hydrogen-bond acceptors (Lipinski definition) is 2. The Bertz CT molecular complexity index is 422. The Balaban J connectivity index is 2.41. The third-order valence-corrected chi connectivity index (χ3v) is 2.66. The van der Waals surface area contributed by atoms with E-state index in [1.807, 2.05) is 6.92 Å². The Morgan fingerprint density at radius 1 is 1.47 bits per heavy atom. The second-order valence-corrected chi connectivity index (χ2v) is 3.81. The maximum Gasteiger partial charge on any atom is 0.246 e. The number of halogens is 2. The third-order valence-electron chi connectivity index (χ3n) is 2.37. The van der Waals surface area contributed by atoms with Crippen molar-refractivity contribution in [1.29, 1.82) is 0 Å². The fourth-order valence-electron chi connectivity index (χ4n) is 1.53. The molecule has 0 saturated heterocycles. The summed E-state index contributed by atoms with van der Waals surface area (Å²) >= 11 is 5.65. The van der Waals surface area contributed by atoms with E-state index in [0.717, 1.165) is 0 Å². The number of anilines is 2. The van der Waals surface area contributed by atoms with Crippen LogP contribution in [-0.2, 0) is 4.79 Å². The maximum absolute atomic E-state index is 13.1. The number of rotatable bonds is 1. The van der Waals surface area contributed by atoms with Crippen LogP contribution in [0.3, 0.4) is 0 Å². The van der Waals surface area contributed by atoms with E-state index >= 15 is 0 Å². The maximum atomic E-state index is 13.1.